The molecule has 0 unspecified atom stereocenters. The molecule has 2 aliphatic heterocycles. The molecule has 1 aromatic rings. The molecule has 2 N–H and O–H groups in total. The van der Waals surface area contributed by atoms with Gasteiger partial charge in [-0.3, -0.25) is 19.7 Å². The van der Waals surface area contributed by atoms with Crippen LogP contribution in [0, 0.1) is 5.82 Å². The van der Waals surface area contributed by atoms with Crippen LogP contribution in [0.2, 0.25) is 0 Å². The third kappa shape index (κ3) is 3.12. The van der Waals surface area contributed by atoms with E-state index in [2.05, 4.69) is 9.80 Å². The van der Waals surface area contributed by atoms with Gasteiger partial charge in [-0.25, -0.2) is 9.87 Å². The fraction of sp³-hybridized carbons (Fsp3) is 0.600. The van der Waals surface area contributed by atoms with E-state index in [1.807, 2.05) is 0 Å². The minimum Gasteiger partial charge on any atom is -0.337 e. The molecule has 2 amide bonds. The Hall–Kier alpha value is -1.99. The fourth-order valence-corrected chi connectivity index (χ4v) is 5.18. The van der Waals surface area contributed by atoms with E-state index in [0.717, 1.165) is 44.3 Å². The first kappa shape index (κ1) is 18.4. The highest BCUT2D eigenvalue weighted by Crippen LogP contribution is 2.46. The van der Waals surface area contributed by atoms with Crippen LogP contribution in [0.4, 0.5) is 4.39 Å². The number of hydrogen-bond donors (Lipinski definition) is 2. The molecular formula is C20H26FN3O3. The van der Waals surface area contributed by atoms with Crippen molar-refractivity contribution in [3.63, 3.8) is 0 Å². The van der Waals surface area contributed by atoms with Crippen molar-refractivity contribution in [1.82, 2.24) is 15.3 Å². The molecular weight excluding hydrogens is 349 g/mol. The van der Waals surface area contributed by atoms with Crippen LogP contribution in [0.15, 0.2) is 12.1 Å². The SMILES string of the molecule is CC(=O)N1CC[C@H](N2CCc3cc(C(=O)NO)cc(F)c3C2)CC12CCC2. The topological polar surface area (TPSA) is 72.9 Å². The Labute approximate surface area is 158 Å². The summed E-state index contributed by atoms with van der Waals surface area (Å²) in [5, 5.41) is 8.78. The molecule has 6 nitrogen and oxygen atoms in total. The first-order valence-corrected chi connectivity index (χ1v) is 9.71. The highest BCUT2D eigenvalue weighted by atomic mass is 19.1. The highest BCUT2D eigenvalue weighted by molar-refractivity contribution is 5.93. The number of nitrogens with zero attached hydrogens (tertiary/aromatic N) is 2. The van der Waals surface area contributed by atoms with E-state index < -0.39 is 11.7 Å². The van der Waals surface area contributed by atoms with Crippen LogP contribution in [0.3, 0.4) is 0 Å². The molecule has 1 aliphatic carbocycles. The zero-order chi connectivity index (χ0) is 19.2. The molecule has 1 saturated carbocycles. The summed E-state index contributed by atoms with van der Waals surface area (Å²) in [4.78, 5) is 28.0. The maximum absolute atomic E-state index is 14.6. The number of piperidine rings is 1. The van der Waals surface area contributed by atoms with Crippen molar-refractivity contribution in [1.29, 1.82) is 0 Å². The third-order valence-electron chi connectivity index (χ3n) is 6.74. The molecule has 1 saturated heterocycles. The van der Waals surface area contributed by atoms with Gasteiger partial charge in [-0.05, 0) is 56.2 Å². The Morgan fingerprint density at radius 3 is 2.70 bits per heavy atom. The molecule has 0 aromatic heterocycles. The molecule has 7 heteroatoms. The minimum absolute atomic E-state index is 0.0106. The van der Waals surface area contributed by atoms with Crippen LogP contribution < -0.4 is 5.48 Å². The molecule has 1 aromatic carbocycles. The van der Waals surface area contributed by atoms with Crippen molar-refractivity contribution in [3.05, 3.63) is 34.6 Å². The number of likely N-dealkylation sites (tertiary alicyclic amines) is 1. The highest BCUT2D eigenvalue weighted by Gasteiger charge is 2.49. The van der Waals surface area contributed by atoms with Gasteiger partial charge < -0.3 is 4.90 Å². The average Bonchev–Trinajstić information content (AvgIpc) is 2.65. The minimum atomic E-state index is -0.692. The molecule has 2 fully saturated rings. The summed E-state index contributed by atoms with van der Waals surface area (Å²) < 4.78 is 14.6. The van der Waals surface area contributed by atoms with Crippen LogP contribution in [0.1, 0.15) is 60.5 Å². The van der Waals surface area contributed by atoms with Gasteiger partial charge in [0, 0.05) is 49.3 Å². The predicted octanol–water partition coefficient (Wildman–Crippen LogP) is 2.24. The number of nitrogens with one attached hydrogen (secondary N) is 1. The van der Waals surface area contributed by atoms with E-state index in [1.54, 1.807) is 18.5 Å². The fourth-order valence-electron chi connectivity index (χ4n) is 5.18. The number of hydrogen-bond acceptors (Lipinski definition) is 4. The first-order chi connectivity index (χ1) is 12.9. The molecule has 146 valence electrons. The maximum Gasteiger partial charge on any atom is 0.274 e. The Morgan fingerprint density at radius 1 is 1.30 bits per heavy atom. The van der Waals surface area contributed by atoms with E-state index in [4.69, 9.17) is 5.21 Å². The Balaban J connectivity index is 1.52. The molecule has 4 rings (SSSR count). The zero-order valence-corrected chi connectivity index (χ0v) is 15.6. The summed E-state index contributed by atoms with van der Waals surface area (Å²) in [5.41, 5.74) is 3.20. The van der Waals surface area contributed by atoms with Gasteiger partial charge in [0.15, 0.2) is 0 Å². The monoisotopic (exact) mass is 375 g/mol. The molecule has 27 heavy (non-hydrogen) atoms. The molecule has 0 bridgehead atoms. The summed E-state index contributed by atoms with van der Waals surface area (Å²) >= 11 is 0. The normalized spacial score (nSPS) is 24.3. The largest absolute Gasteiger partial charge is 0.337 e. The van der Waals surface area contributed by atoms with Gasteiger partial charge in [0.2, 0.25) is 5.91 Å². The number of carbonyl (C=O) groups is 2. The lowest BCUT2D eigenvalue weighted by Crippen LogP contribution is -2.63. The predicted molar refractivity (Wildman–Crippen MR) is 96.8 cm³/mol. The van der Waals surface area contributed by atoms with Crippen molar-refractivity contribution in [2.45, 2.75) is 63.6 Å². The molecule has 1 atom stereocenters. The maximum atomic E-state index is 14.6. The van der Waals surface area contributed by atoms with Crippen molar-refractivity contribution < 1.29 is 19.2 Å². The average molecular weight is 375 g/mol. The van der Waals surface area contributed by atoms with Gasteiger partial charge in [0.05, 0.1) is 0 Å². The lowest BCUT2D eigenvalue weighted by molar-refractivity contribution is -0.145. The summed E-state index contributed by atoms with van der Waals surface area (Å²) in [6, 6.07) is 3.22. The van der Waals surface area contributed by atoms with E-state index >= 15 is 0 Å². The van der Waals surface area contributed by atoms with Crippen molar-refractivity contribution in [2.24, 2.45) is 0 Å². The van der Waals surface area contributed by atoms with E-state index in [1.165, 1.54) is 12.5 Å². The second-order valence-corrected chi connectivity index (χ2v) is 8.15. The summed E-state index contributed by atoms with van der Waals surface area (Å²) in [5.74, 6) is -0.920. The van der Waals surface area contributed by atoms with Gasteiger partial charge in [0.1, 0.15) is 5.82 Å². The third-order valence-corrected chi connectivity index (χ3v) is 6.74. The summed E-state index contributed by atoms with van der Waals surface area (Å²) in [6.07, 6.45) is 5.88. The first-order valence-electron chi connectivity index (χ1n) is 9.71. The summed E-state index contributed by atoms with van der Waals surface area (Å²) in [6.45, 7) is 3.79. The zero-order valence-electron chi connectivity index (χ0n) is 15.6. The lowest BCUT2D eigenvalue weighted by Gasteiger charge is -2.56. The molecule has 0 radical (unpaired) electrons. The number of fused-ring (bicyclic) bond motifs is 1. The van der Waals surface area contributed by atoms with Crippen LogP contribution in [0.25, 0.3) is 0 Å². The molecule has 2 heterocycles. The lowest BCUT2D eigenvalue weighted by atomic mass is 9.68. The van der Waals surface area contributed by atoms with Gasteiger partial charge >= 0.3 is 0 Å². The quantitative estimate of drug-likeness (QED) is 0.614. The van der Waals surface area contributed by atoms with Crippen molar-refractivity contribution in [2.75, 3.05) is 13.1 Å². The van der Waals surface area contributed by atoms with Gasteiger partial charge in [0.25, 0.3) is 5.91 Å². The van der Waals surface area contributed by atoms with E-state index in [0.29, 0.717) is 24.6 Å². The standard InChI is InChI=1S/C20H26FN3O3/c1-13(25)24-8-4-16(11-20(24)5-2-6-20)23-7-3-14-9-15(19(26)22-27)10-18(21)17(14)12-23/h9-10,16,27H,2-8,11-12H2,1H3,(H,22,26)/t16-/m0/s1. The second kappa shape index (κ2) is 6.87. The Kier molecular flexibility index (Phi) is 4.68. The van der Waals surface area contributed by atoms with Crippen LogP contribution in [-0.4, -0.2) is 51.5 Å². The van der Waals surface area contributed by atoms with Crippen LogP contribution >= 0.6 is 0 Å². The smallest absolute Gasteiger partial charge is 0.274 e. The Bertz CT molecular complexity index is 778. The number of halogens is 1. The van der Waals surface area contributed by atoms with Crippen molar-refractivity contribution >= 4 is 11.8 Å². The van der Waals surface area contributed by atoms with E-state index in [-0.39, 0.29) is 17.0 Å². The summed E-state index contributed by atoms with van der Waals surface area (Å²) in [7, 11) is 0. The molecule has 1 spiro atoms. The second-order valence-electron chi connectivity index (χ2n) is 8.15. The van der Waals surface area contributed by atoms with Gasteiger partial charge in [-0.1, -0.05) is 0 Å². The number of carbonyl (C=O) groups excluding carboxylic acids is 2. The number of benzene rings is 1. The number of amides is 2. The number of rotatable bonds is 2. The van der Waals surface area contributed by atoms with Gasteiger partial charge in [-0.15, -0.1) is 0 Å². The van der Waals surface area contributed by atoms with Crippen LogP contribution in [0.5, 0.6) is 0 Å². The van der Waals surface area contributed by atoms with Crippen molar-refractivity contribution in [3.8, 4) is 0 Å². The van der Waals surface area contributed by atoms with Crippen LogP contribution in [-0.2, 0) is 17.8 Å². The van der Waals surface area contributed by atoms with E-state index in [9.17, 15) is 14.0 Å². The van der Waals surface area contributed by atoms with Gasteiger partial charge in [-0.2, -0.15) is 0 Å². The molecule has 3 aliphatic rings. The number of hydroxylamine groups is 1. The Morgan fingerprint density at radius 2 is 2.07 bits per heavy atom.